The van der Waals surface area contributed by atoms with Gasteiger partial charge in [-0.25, -0.2) is 14.8 Å². The fraction of sp³-hybridized carbons (Fsp3) is 0.200. The van der Waals surface area contributed by atoms with Crippen molar-refractivity contribution in [2.45, 2.75) is 25.0 Å². The van der Waals surface area contributed by atoms with Gasteiger partial charge in [0.1, 0.15) is 18.2 Å². The van der Waals surface area contributed by atoms with Crippen LogP contribution in [0.3, 0.4) is 0 Å². The molecule has 5 nitrogen and oxygen atoms in total. The third kappa shape index (κ3) is 3.11. The van der Waals surface area contributed by atoms with Gasteiger partial charge in [-0.1, -0.05) is 49.1 Å². The maximum Gasteiger partial charge on any atom is 0.267 e. The zero-order valence-electron chi connectivity index (χ0n) is 14.2. The van der Waals surface area contributed by atoms with Gasteiger partial charge < -0.3 is 0 Å². The zero-order chi connectivity index (χ0) is 18.1. The Labute approximate surface area is 151 Å². The molecule has 26 heavy (non-hydrogen) atoms. The molecule has 2 unspecified atom stereocenters. The normalized spacial score (nSPS) is 21.8. The summed E-state index contributed by atoms with van der Waals surface area (Å²) in [5.74, 6) is -0.312. The van der Waals surface area contributed by atoms with E-state index in [1.165, 1.54) is 17.1 Å². The molecule has 1 N–H and O–H groups in total. The minimum atomic E-state index is -0.310. The van der Waals surface area contributed by atoms with Crippen LogP contribution < -0.4 is 5.43 Å². The molecule has 2 aromatic rings. The maximum absolute atomic E-state index is 13.1. The van der Waals surface area contributed by atoms with E-state index in [-0.39, 0.29) is 23.8 Å². The molecule has 1 fully saturated rings. The molecule has 0 spiro atoms. The highest BCUT2D eigenvalue weighted by Crippen LogP contribution is 2.30. The molecule has 1 amide bonds. The Kier molecular flexibility index (Phi) is 4.26. The largest absolute Gasteiger partial charge is 0.283 e. The molecule has 4 rings (SSSR count). The summed E-state index contributed by atoms with van der Waals surface area (Å²) in [6, 6.07) is 13.9. The van der Waals surface area contributed by atoms with Crippen molar-refractivity contribution < 1.29 is 9.18 Å². The summed E-state index contributed by atoms with van der Waals surface area (Å²) < 4.78 is 13.1. The molecule has 0 aromatic heterocycles. The molecule has 2 aromatic carbocycles. The molecular weight excluding hydrogens is 331 g/mol. The lowest BCUT2D eigenvalue weighted by Crippen LogP contribution is -2.50. The van der Waals surface area contributed by atoms with E-state index >= 15 is 0 Å². The van der Waals surface area contributed by atoms with Gasteiger partial charge >= 0.3 is 0 Å². The zero-order valence-corrected chi connectivity index (χ0v) is 14.2. The molecule has 6 heteroatoms. The first-order chi connectivity index (χ1) is 12.6. The van der Waals surface area contributed by atoms with Crippen molar-refractivity contribution in [3.63, 3.8) is 0 Å². The van der Waals surface area contributed by atoms with Crippen molar-refractivity contribution in [2.75, 3.05) is 0 Å². The molecule has 0 saturated carbocycles. The van der Waals surface area contributed by atoms with Gasteiger partial charge in [-0.15, -0.1) is 0 Å². The van der Waals surface area contributed by atoms with Crippen molar-refractivity contribution in [1.82, 2.24) is 15.4 Å². The van der Waals surface area contributed by atoms with E-state index in [4.69, 9.17) is 0 Å². The van der Waals surface area contributed by atoms with Gasteiger partial charge in [0, 0.05) is 0 Å². The van der Waals surface area contributed by atoms with Gasteiger partial charge in [0.05, 0.1) is 12.6 Å². The summed E-state index contributed by atoms with van der Waals surface area (Å²) >= 11 is 0. The van der Waals surface area contributed by atoms with Crippen LogP contribution in [0.1, 0.15) is 29.2 Å². The number of fused-ring (bicyclic) bond motifs is 1. The summed E-state index contributed by atoms with van der Waals surface area (Å²) in [5, 5.41) is 7.52. The lowest BCUT2D eigenvalue weighted by Gasteiger charge is -2.30. The summed E-state index contributed by atoms with van der Waals surface area (Å²) in [6.45, 7) is 4.17. The minimum Gasteiger partial charge on any atom is -0.283 e. The van der Waals surface area contributed by atoms with Crippen LogP contribution in [0, 0.1) is 5.82 Å². The number of hydrogen-bond acceptors (Lipinski definition) is 4. The van der Waals surface area contributed by atoms with Gasteiger partial charge in [-0.05, 0) is 35.2 Å². The number of hydrogen-bond donors (Lipinski definition) is 1. The monoisotopic (exact) mass is 350 g/mol. The van der Waals surface area contributed by atoms with Crippen LogP contribution in [0.25, 0.3) is 6.08 Å². The second kappa shape index (κ2) is 6.72. The van der Waals surface area contributed by atoms with E-state index < -0.39 is 0 Å². The van der Waals surface area contributed by atoms with Crippen LogP contribution in [0.4, 0.5) is 4.39 Å². The maximum atomic E-state index is 13.1. The Balaban J connectivity index is 1.46. The second-order valence-electron chi connectivity index (χ2n) is 6.46. The van der Waals surface area contributed by atoms with Gasteiger partial charge in [0.2, 0.25) is 0 Å². The first kappa shape index (κ1) is 16.5. The third-order valence-electron chi connectivity index (χ3n) is 4.77. The average molecular weight is 350 g/mol. The van der Waals surface area contributed by atoms with Crippen LogP contribution in [0.15, 0.2) is 60.2 Å². The average Bonchev–Trinajstić information content (AvgIpc) is 3.10. The molecule has 132 valence electrons. The molecule has 2 atom stereocenters. The number of nitrogens with zero attached hydrogens (tertiary/aromatic N) is 3. The fourth-order valence-corrected chi connectivity index (χ4v) is 3.30. The summed E-state index contributed by atoms with van der Waals surface area (Å²) in [7, 11) is 0. The quantitative estimate of drug-likeness (QED) is 0.922. The molecule has 0 aliphatic carbocycles. The number of hydrazone groups is 1. The fourth-order valence-electron chi connectivity index (χ4n) is 3.30. The number of nitrogens with one attached hydrogen (secondary N) is 1. The molecule has 2 heterocycles. The molecule has 1 saturated heterocycles. The number of carbonyl (C=O) groups excluding carboxylic acids is 1. The van der Waals surface area contributed by atoms with Crippen molar-refractivity contribution in [3.8, 4) is 0 Å². The topological polar surface area (TPSA) is 47.9 Å². The third-order valence-corrected chi connectivity index (χ3v) is 4.77. The highest BCUT2D eigenvalue weighted by Gasteiger charge is 2.40. The number of rotatable bonds is 4. The molecule has 2 aliphatic heterocycles. The highest BCUT2D eigenvalue weighted by atomic mass is 19.1. The SMILES string of the molecule is C=Cc1ccc(CN2N=CN3NC(c4ccc(F)cc4)CC3C2=O)cc1. The Morgan fingerprint density at radius 2 is 1.92 bits per heavy atom. The van der Waals surface area contributed by atoms with E-state index in [2.05, 4.69) is 17.1 Å². The van der Waals surface area contributed by atoms with Crippen molar-refractivity contribution in [3.05, 3.63) is 77.6 Å². The van der Waals surface area contributed by atoms with E-state index in [0.717, 1.165) is 16.7 Å². The number of benzene rings is 2. The van der Waals surface area contributed by atoms with Crippen molar-refractivity contribution >= 4 is 18.3 Å². The van der Waals surface area contributed by atoms with Crippen molar-refractivity contribution in [2.24, 2.45) is 5.10 Å². The van der Waals surface area contributed by atoms with Gasteiger partial charge in [0.15, 0.2) is 0 Å². The van der Waals surface area contributed by atoms with Crippen LogP contribution in [-0.4, -0.2) is 28.3 Å². The summed E-state index contributed by atoms with van der Waals surface area (Å²) in [6.07, 6.45) is 4.04. The highest BCUT2D eigenvalue weighted by molar-refractivity contribution is 5.87. The predicted molar refractivity (Wildman–Crippen MR) is 98.1 cm³/mol. The second-order valence-corrected chi connectivity index (χ2v) is 6.46. The molecular formula is C20H19FN4O. The van der Waals surface area contributed by atoms with E-state index in [9.17, 15) is 9.18 Å². The minimum absolute atomic E-state index is 0.0391. The van der Waals surface area contributed by atoms with Crippen LogP contribution in [0.2, 0.25) is 0 Å². The Morgan fingerprint density at radius 1 is 1.19 bits per heavy atom. The van der Waals surface area contributed by atoms with Crippen LogP contribution in [0.5, 0.6) is 0 Å². The van der Waals surface area contributed by atoms with Gasteiger partial charge in [-0.2, -0.15) is 5.10 Å². The van der Waals surface area contributed by atoms with E-state index in [1.807, 2.05) is 24.3 Å². The van der Waals surface area contributed by atoms with Crippen LogP contribution >= 0.6 is 0 Å². The van der Waals surface area contributed by atoms with Gasteiger partial charge in [-0.3, -0.25) is 9.80 Å². The Hall–Kier alpha value is -2.99. The van der Waals surface area contributed by atoms with E-state index in [0.29, 0.717) is 13.0 Å². The first-order valence-electron chi connectivity index (χ1n) is 8.51. The summed E-state index contributed by atoms with van der Waals surface area (Å²) in [4.78, 5) is 12.8. The molecule has 0 radical (unpaired) electrons. The smallest absolute Gasteiger partial charge is 0.267 e. The Bertz CT molecular complexity index is 847. The standard InChI is InChI=1S/C20H19FN4O/c1-2-14-3-5-15(6-4-14)12-24-20(26)19-11-18(23-25(19)13-22-24)16-7-9-17(21)10-8-16/h2-10,13,18-19,23H,1,11-12H2. The predicted octanol–water partition coefficient (Wildman–Crippen LogP) is 3.07. The lowest BCUT2D eigenvalue weighted by molar-refractivity contribution is -0.137. The Morgan fingerprint density at radius 3 is 2.62 bits per heavy atom. The number of hydrazine groups is 1. The molecule has 2 aliphatic rings. The molecule has 0 bridgehead atoms. The van der Waals surface area contributed by atoms with Gasteiger partial charge in [0.25, 0.3) is 5.91 Å². The van der Waals surface area contributed by atoms with Crippen molar-refractivity contribution in [1.29, 1.82) is 0 Å². The number of carbonyl (C=O) groups is 1. The first-order valence-corrected chi connectivity index (χ1v) is 8.51. The number of halogens is 1. The van der Waals surface area contributed by atoms with Crippen LogP contribution in [-0.2, 0) is 11.3 Å². The number of amides is 1. The van der Waals surface area contributed by atoms with E-state index in [1.54, 1.807) is 29.6 Å². The lowest BCUT2D eigenvalue weighted by atomic mass is 10.0. The summed E-state index contributed by atoms with van der Waals surface area (Å²) in [5.41, 5.74) is 6.26.